The van der Waals surface area contributed by atoms with Crippen LogP contribution in [0.2, 0.25) is 0 Å². The van der Waals surface area contributed by atoms with Crippen molar-refractivity contribution in [2.75, 3.05) is 26.7 Å². The highest BCUT2D eigenvalue weighted by molar-refractivity contribution is 5.79. The molecule has 4 heteroatoms. The van der Waals surface area contributed by atoms with Crippen molar-refractivity contribution in [1.82, 2.24) is 9.80 Å². The van der Waals surface area contributed by atoms with E-state index in [1.165, 1.54) is 31.5 Å². The van der Waals surface area contributed by atoms with E-state index in [-0.39, 0.29) is 5.91 Å². The standard InChI is InChI=1S/C21H28N2O2/c1-3-4-5-19(24)23-14-18(15-6-8-17(25-2)9-7-15)21-20(23)16-10-12-22(21)13-11-16/h3-4,6-9,16,18,20-21H,5,10-14H2,1-2H3/t18-,20+,21+/m0/s1. The summed E-state index contributed by atoms with van der Waals surface area (Å²) in [6.45, 7) is 5.21. The molecule has 0 saturated carbocycles. The average Bonchev–Trinajstić information content (AvgIpc) is 3.10. The number of benzene rings is 1. The number of amides is 1. The van der Waals surface area contributed by atoms with E-state index in [2.05, 4.69) is 21.9 Å². The van der Waals surface area contributed by atoms with Crippen LogP contribution < -0.4 is 4.74 Å². The van der Waals surface area contributed by atoms with Crippen LogP contribution in [0.25, 0.3) is 0 Å². The van der Waals surface area contributed by atoms with Gasteiger partial charge in [-0.3, -0.25) is 9.69 Å². The minimum atomic E-state index is 0.290. The number of fused-ring (bicyclic) bond motifs is 2. The molecule has 0 aliphatic carbocycles. The molecule has 4 heterocycles. The lowest BCUT2D eigenvalue weighted by molar-refractivity contribution is -0.135. The Bertz CT molecular complexity index is 646. The Balaban J connectivity index is 1.64. The first-order valence-electron chi connectivity index (χ1n) is 9.51. The van der Waals surface area contributed by atoms with Crippen LogP contribution >= 0.6 is 0 Å². The van der Waals surface area contributed by atoms with Crippen molar-refractivity contribution in [3.05, 3.63) is 42.0 Å². The quantitative estimate of drug-likeness (QED) is 0.790. The van der Waals surface area contributed by atoms with Gasteiger partial charge in [-0.25, -0.2) is 0 Å². The lowest BCUT2D eigenvalue weighted by atomic mass is 9.75. The van der Waals surface area contributed by atoms with E-state index < -0.39 is 0 Å². The monoisotopic (exact) mass is 340 g/mol. The van der Waals surface area contributed by atoms with Gasteiger partial charge in [0.2, 0.25) is 5.91 Å². The van der Waals surface area contributed by atoms with Gasteiger partial charge in [0.05, 0.1) is 13.2 Å². The van der Waals surface area contributed by atoms with Crippen LogP contribution in [0.15, 0.2) is 36.4 Å². The van der Waals surface area contributed by atoms with E-state index in [1.54, 1.807) is 7.11 Å². The second-order valence-corrected chi connectivity index (χ2v) is 7.55. The summed E-state index contributed by atoms with van der Waals surface area (Å²) in [4.78, 5) is 17.7. The van der Waals surface area contributed by atoms with Gasteiger partial charge >= 0.3 is 0 Å². The zero-order chi connectivity index (χ0) is 17.4. The lowest BCUT2D eigenvalue weighted by Gasteiger charge is -2.51. The third-order valence-corrected chi connectivity index (χ3v) is 6.39. The molecule has 1 aromatic carbocycles. The molecule has 134 valence electrons. The van der Waals surface area contributed by atoms with E-state index in [9.17, 15) is 4.79 Å². The van der Waals surface area contributed by atoms with Crippen LogP contribution in [-0.2, 0) is 4.79 Å². The molecular formula is C21H28N2O2. The molecule has 0 N–H and O–H groups in total. The molecule has 4 aliphatic heterocycles. The molecule has 1 amide bonds. The molecule has 3 atom stereocenters. The summed E-state index contributed by atoms with van der Waals surface area (Å²) in [5.41, 5.74) is 1.34. The van der Waals surface area contributed by atoms with Gasteiger partial charge in [0.15, 0.2) is 0 Å². The van der Waals surface area contributed by atoms with Gasteiger partial charge in [0.25, 0.3) is 0 Å². The highest BCUT2D eigenvalue weighted by Crippen LogP contribution is 2.46. The number of hydrogen-bond acceptors (Lipinski definition) is 3. The largest absolute Gasteiger partial charge is 0.497 e. The Morgan fingerprint density at radius 1 is 1.20 bits per heavy atom. The van der Waals surface area contributed by atoms with Crippen LogP contribution in [0.4, 0.5) is 0 Å². The maximum absolute atomic E-state index is 12.8. The number of nitrogens with zero attached hydrogens (tertiary/aromatic N) is 2. The second-order valence-electron chi connectivity index (χ2n) is 7.55. The molecule has 4 aliphatic rings. The maximum Gasteiger partial charge on any atom is 0.226 e. The summed E-state index contributed by atoms with van der Waals surface area (Å²) in [7, 11) is 1.70. The van der Waals surface area contributed by atoms with Gasteiger partial charge in [0.1, 0.15) is 5.75 Å². The van der Waals surface area contributed by atoms with Crippen LogP contribution in [0.1, 0.15) is 37.7 Å². The number of carbonyl (C=O) groups is 1. The molecule has 5 rings (SSSR count). The highest BCUT2D eigenvalue weighted by Gasteiger charge is 2.54. The number of allylic oxidation sites excluding steroid dienone is 1. The smallest absolute Gasteiger partial charge is 0.226 e. The Morgan fingerprint density at radius 3 is 2.56 bits per heavy atom. The van der Waals surface area contributed by atoms with Crippen LogP contribution in [0.5, 0.6) is 5.75 Å². The molecular weight excluding hydrogens is 312 g/mol. The number of carbonyl (C=O) groups excluding carboxylic acids is 1. The minimum Gasteiger partial charge on any atom is -0.497 e. The van der Waals surface area contributed by atoms with E-state index in [1.807, 2.05) is 31.2 Å². The SMILES string of the molecule is CC=CCC(=O)N1C[C@@H](c2ccc(OC)cc2)[C@@H]2[C@H]1C1CCN2CC1. The van der Waals surface area contributed by atoms with E-state index in [0.717, 1.165) is 12.3 Å². The Labute approximate surface area is 150 Å². The van der Waals surface area contributed by atoms with Gasteiger partial charge in [0, 0.05) is 24.9 Å². The predicted octanol–water partition coefficient (Wildman–Crippen LogP) is 3.05. The number of hydrogen-bond donors (Lipinski definition) is 0. The van der Waals surface area contributed by atoms with Crippen molar-refractivity contribution in [1.29, 1.82) is 0 Å². The van der Waals surface area contributed by atoms with Crippen LogP contribution in [0.3, 0.4) is 0 Å². The average molecular weight is 340 g/mol. The number of rotatable bonds is 4. The summed E-state index contributed by atoms with van der Waals surface area (Å²) in [5.74, 6) is 2.27. The fourth-order valence-corrected chi connectivity index (χ4v) is 5.18. The fraction of sp³-hybridized carbons (Fsp3) is 0.571. The Morgan fingerprint density at radius 2 is 1.92 bits per heavy atom. The predicted molar refractivity (Wildman–Crippen MR) is 98.8 cm³/mol. The van der Waals surface area contributed by atoms with Crippen LogP contribution in [0, 0.1) is 5.92 Å². The van der Waals surface area contributed by atoms with Crippen molar-refractivity contribution in [2.45, 2.75) is 44.2 Å². The van der Waals surface area contributed by atoms with Crippen LogP contribution in [-0.4, -0.2) is 54.5 Å². The maximum atomic E-state index is 12.8. The third kappa shape index (κ3) is 2.86. The molecule has 25 heavy (non-hydrogen) atoms. The van der Waals surface area contributed by atoms with Gasteiger partial charge in [-0.15, -0.1) is 0 Å². The van der Waals surface area contributed by atoms with Crippen molar-refractivity contribution < 1.29 is 9.53 Å². The minimum absolute atomic E-state index is 0.290. The first-order chi connectivity index (χ1) is 12.2. The topological polar surface area (TPSA) is 32.8 Å². The Hall–Kier alpha value is -1.81. The third-order valence-electron chi connectivity index (χ3n) is 6.39. The number of likely N-dealkylation sites (tertiary alicyclic amines) is 1. The Kier molecular flexibility index (Phi) is 4.55. The molecule has 4 nitrogen and oxygen atoms in total. The summed E-state index contributed by atoms with van der Waals surface area (Å²) in [6.07, 6.45) is 6.97. The summed E-state index contributed by atoms with van der Waals surface area (Å²) < 4.78 is 5.31. The summed E-state index contributed by atoms with van der Waals surface area (Å²) in [5, 5.41) is 0. The summed E-state index contributed by atoms with van der Waals surface area (Å²) >= 11 is 0. The van der Waals surface area contributed by atoms with Gasteiger partial charge in [-0.05, 0) is 56.5 Å². The number of piperidine rings is 3. The molecule has 0 aromatic heterocycles. The molecule has 4 saturated heterocycles. The first-order valence-corrected chi connectivity index (χ1v) is 9.51. The fourth-order valence-electron chi connectivity index (χ4n) is 5.18. The summed E-state index contributed by atoms with van der Waals surface area (Å²) in [6, 6.07) is 9.34. The number of ether oxygens (including phenoxy) is 1. The zero-order valence-electron chi connectivity index (χ0n) is 15.2. The molecule has 0 unspecified atom stereocenters. The van der Waals surface area contributed by atoms with E-state index in [0.29, 0.717) is 30.3 Å². The van der Waals surface area contributed by atoms with E-state index in [4.69, 9.17) is 4.74 Å². The molecule has 2 bridgehead atoms. The van der Waals surface area contributed by atoms with Crippen molar-refractivity contribution in [2.24, 2.45) is 5.92 Å². The first kappa shape index (κ1) is 16.6. The normalized spacial score (nSPS) is 33.7. The van der Waals surface area contributed by atoms with Gasteiger partial charge in [-0.2, -0.15) is 0 Å². The zero-order valence-corrected chi connectivity index (χ0v) is 15.2. The molecule has 1 aromatic rings. The molecule has 4 fully saturated rings. The van der Waals surface area contributed by atoms with Crippen molar-refractivity contribution >= 4 is 5.91 Å². The molecule has 0 spiro atoms. The molecule has 0 radical (unpaired) electrons. The van der Waals surface area contributed by atoms with E-state index >= 15 is 0 Å². The van der Waals surface area contributed by atoms with Crippen molar-refractivity contribution in [3.63, 3.8) is 0 Å². The van der Waals surface area contributed by atoms with Gasteiger partial charge < -0.3 is 9.64 Å². The second kappa shape index (κ2) is 6.83. The van der Waals surface area contributed by atoms with Crippen molar-refractivity contribution in [3.8, 4) is 5.75 Å². The number of methoxy groups -OCH3 is 1. The van der Waals surface area contributed by atoms with Gasteiger partial charge in [-0.1, -0.05) is 24.3 Å². The highest BCUT2D eigenvalue weighted by atomic mass is 16.5. The lowest BCUT2D eigenvalue weighted by Crippen LogP contribution is -2.60.